The van der Waals surface area contributed by atoms with Gasteiger partial charge in [0.1, 0.15) is 4.75 Å². The summed E-state index contributed by atoms with van der Waals surface area (Å²) >= 11 is 14.5. The first-order valence-corrected chi connectivity index (χ1v) is 16.8. The van der Waals surface area contributed by atoms with Crippen molar-refractivity contribution in [3.63, 3.8) is 0 Å². The van der Waals surface area contributed by atoms with Crippen molar-refractivity contribution in [1.29, 1.82) is 0 Å². The lowest BCUT2D eigenvalue weighted by molar-refractivity contribution is -0.348. The Labute approximate surface area is 282 Å². The summed E-state index contributed by atoms with van der Waals surface area (Å²) in [5.74, 6) is -1.17. The van der Waals surface area contributed by atoms with Crippen LogP contribution in [0.2, 0.25) is 10.0 Å². The van der Waals surface area contributed by atoms with Crippen LogP contribution >= 0.6 is 45.8 Å². The number of nitrogens with zero attached hydrogens (tertiary/aromatic N) is 1. The number of hydrogen-bond donors (Lipinski definition) is 0. The number of rotatable bonds is 5. The van der Waals surface area contributed by atoms with Gasteiger partial charge in [0, 0.05) is 21.2 Å². The standard InChI is InChI=1S/C30H21Cl2F7INO4S/c1-15(42)20-13-24(32)21(14-23(20)31)26(43)41-11-10-27(46(44,45)19-6-4-18(40)5-7-19)22-8-3-17(12-16(22)2-9-25(27)41)28(33,29(34,35)36)30(37,38)39/h3-8,12-14,25H,2,9-11H2,1H3/t25-,27-/m1/s1. The highest BCUT2D eigenvalue weighted by atomic mass is 127. The van der Waals surface area contributed by atoms with Crippen LogP contribution in [0.25, 0.3) is 0 Å². The first-order valence-electron chi connectivity index (χ1n) is 13.5. The first kappa shape index (κ1) is 34.9. The predicted octanol–water partition coefficient (Wildman–Crippen LogP) is 8.62. The Balaban J connectivity index is 1.70. The number of alkyl halides is 7. The third-order valence-electron chi connectivity index (χ3n) is 8.60. The van der Waals surface area contributed by atoms with Crippen LogP contribution in [0, 0.1) is 3.57 Å². The first-order chi connectivity index (χ1) is 21.2. The van der Waals surface area contributed by atoms with Gasteiger partial charge in [-0.1, -0.05) is 41.4 Å². The Hall–Kier alpha value is -2.43. The molecule has 0 unspecified atom stereocenters. The zero-order valence-electron chi connectivity index (χ0n) is 23.4. The fourth-order valence-electron chi connectivity index (χ4n) is 6.43. The third kappa shape index (κ3) is 5.21. The van der Waals surface area contributed by atoms with E-state index < -0.39 is 55.9 Å². The number of amides is 1. The van der Waals surface area contributed by atoms with Crippen LogP contribution < -0.4 is 0 Å². The molecule has 1 fully saturated rings. The number of ketones is 1. The van der Waals surface area contributed by atoms with E-state index >= 15 is 4.39 Å². The van der Waals surface area contributed by atoms with E-state index in [1.54, 1.807) is 0 Å². The van der Waals surface area contributed by atoms with Crippen LogP contribution in [-0.4, -0.2) is 49.9 Å². The van der Waals surface area contributed by atoms with Gasteiger partial charge in [-0.05, 0) is 96.3 Å². The van der Waals surface area contributed by atoms with Crippen LogP contribution in [0.4, 0.5) is 30.7 Å². The van der Waals surface area contributed by atoms with Gasteiger partial charge < -0.3 is 4.90 Å². The highest BCUT2D eigenvalue weighted by Crippen LogP contribution is 2.57. The number of Topliss-reactive ketones (excluding diaryl/α,β-unsaturated/α-hetero) is 1. The lowest BCUT2D eigenvalue weighted by atomic mass is 9.76. The van der Waals surface area contributed by atoms with Crippen molar-refractivity contribution in [2.24, 2.45) is 0 Å². The Bertz CT molecular complexity index is 1850. The second-order valence-corrected chi connectivity index (χ2v) is 15.3. The van der Waals surface area contributed by atoms with Gasteiger partial charge in [0.2, 0.25) is 0 Å². The SMILES string of the molecule is CC(=O)c1cc(Cl)c(C(=O)N2CC[C@@]3(S(=O)(=O)c4ccc(I)cc4)c4ccc(C(F)(C(F)(F)F)C(F)(F)F)cc4CC[C@@H]23)cc1Cl. The summed E-state index contributed by atoms with van der Waals surface area (Å²) in [6.45, 7) is 1.04. The molecule has 0 radical (unpaired) electrons. The summed E-state index contributed by atoms with van der Waals surface area (Å²) in [6.07, 6.45) is -13.5. The lowest BCUT2D eigenvalue weighted by Crippen LogP contribution is -2.53. The van der Waals surface area contributed by atoms with E-state index in [-0.39, 0.29) is 63.0 Å². The van der Waals surface area contributed by atoms with Crippen LogP contribution in [-0.2, 0) is 26.7 Å². The Morgan fingerprint density at radius 1 is 0.891 bits per heavy atom. The second-order valence-electron chi connectivity index (χ2n) is 11.0. The minimum Gasteiger partial charge on any atom is -0.334 e. The zero-order chi connectivity index (χ0) is 34.2. The highest BCUT2D eigenvalue weighted by Gasteiger charge is 2.74. The van der Waals surface area contributed by atoms with E-state index in [0.29, 0.717) is 15.7 Å². The summed E-state index contributed by atoms with van der Waals surface area (Å²) in [4.78, 5) is 26.9. The minimum absolute atomic E-state index is 0.0457. The molecular formula is C30H21Cl2F7INO4S. The van der Waals surface area contributed by atoms with E-state index in [9.17, 15) is 44.3 Å². The maximum Gasteiger partial charge on any atom is 0.435 e. The monoisotopic (exact) mass is 821 g/mol. The molecule has 46 heavy (non-hydrogen) atoms. The summed E-state index contributed by atoms with van der Waals surface area (Å²) in [7, 11) is -4.52. The van der Waals surface area contributed by atoms with Crippen molar-refractivity contribution in [1.82, 2.24) is 4.90 Å². The average molecular weight is 822 g/mol. The largest absolute Gasteiger partial charge is 0.435 e. The van der Waals surface area contributed by atoms with Gasteiger partial charge in [0.15, 0.2) is 15.6 Å². The van der Waals surface area contributed by atoms with Gasteiger partial charge in [0.05, 0.1) is 26.5 Å². The van der Waals surface area contributed by atoms with E-state index in [1.807, 2.05) is 22.6 Å². The van der Waals surface area contributed by atoms with E-state index in [0.717, 1.165) is 6.07 Å². The number of carbonyl (C=O) groups is 2. The van der Waals surface area contributed by atoms with Crippen LogP contribution in [0.3, 0.4) is 0 Å². The lowest BCUT2D eigenvalue weighted by Gasteiger charge is -2.43. The second kappa shape index (κ2) is 11.6. The molecule has 2 aliphatic rings. The quantitative estimate of drug-likeness (QED) is 0.147. The molecule has 1 heterocycles. The van der Waals surface area contributed by atoms with Gasteiger partial charge >= 0.3 is 18.0 Å². The molecule has 246 valence electrons. The number of likely N-dealkylation sites (tertiary alicyclic amines) is 1. The highest BCUT2D eigenvalue weighted by molar-refractivity contribution is 14.1. The molecule has 3 aromatic carbocycles. The number of fused-ring (bicyclic) bond motifs is 3. The van der Waals surface area contributed by atoms with E-state index in [2.05, 4.69) is 0 Å². The van der Waals surface area contributed by atoms with Crippen LogP contribution in [0.5, 0.6) is 0 Å². The molecule has 0 saturated carbocycles. The van der Waals surface area contributed by atoms with Gasteiger partial charge in [0.25, 0.3) is 5.91 Å². The van der Waals surface area contributed by atoms with E-state index in [4.69, 9.17) is 23.2 Å². The van der Waals surface area contributed by atoms with Crippen molar-refractivity contribution in [3.8, 4) is 0 Å². The molecule has 0 bridgehead atoms. The molecule has 1 saturated heterocycles. The Morgan fingerprint density at radius 3 is 2.02 bits per heavy atom. The number of benzene rings is 3. The van der Waals surface area contributed by atoms with E-state index in [1.165, 1.54) is 48.2 Å². The Kier molecular flexibility index (Phi) is 8.81. The number of sulfone groups is 1. The molecule has 1 aliphatic heterocycles. The van der Waals surface area contributed by atoms with Crippen molar-refractivity contribution in [2.45, 2.75) is 59.9 Å². The fourth-order valence-corrected chi connectivity index (χ4v) is 9.70. The number of hydrogen-bond acceptors (Lipinski definition) is 4. The van der Waals surface area contributed by atoms with Crippen molar-refractivity contribution < 1.29 is 48.7 Å². The molecule has 5 nitrogen and oxygen atoms in total. The van der Waals surface area contributed by atoms with Crippen molar-refractivity contribution >= 4 is 67.3 Å². The molecule has 5 rings (SSSR count). The molecular weight excluding hydrogens is 801 g/mol. The summed E-state index contributed by atoms with van der Waals surface area (Å²) in [5, 5.41) is -0.222. The van der Waals surface area contributed by atoms with Gasteiger partial charge in [-0.2, -0.15) is 26.3 Å². The smallest absolute Gasteiger partial charge is 0.334 e. The summed E-state index contributed by atoms with van der Waals surface area (Å²) in [5.41, 5.74) is -7.90. The maximum absolute atomic E-state index is 15.0. The van der Waals surface area contributed by atoms with Gasteiger partial charge in [-0.3, -0.25) is 9.59 Å². The Morgan fingerprint density at radius 2 is 1.46 bits per heavy atom. The normalized spacial score (nSPS) is 20.3. The predicted molar refractivity (Wildman–Crippen MR) is 164 cm³/mol. The summed E-state index contributed by atoms with van der Waals surface area (Å²) in [6, 6.07) is 8.35. The molecule has 0 N–H and O–H groups in total. The van der Waals surface area contributed by atoms with Gasteiger partial charge in [-0.15, -0.1) is 0 Å². The molecule has 1 amide bonds. The van der Waals surface area contributed by atoms with Crippen LogP contribution in [0.1, 0.15) is 57.2 Å². The fraction of sp³-hybridized carbons (Fsp3) is 0.333. The van der Waals surface area contributed by atoms with Crippen LogP contribution in [0.15, 0.2) is 59.5 Å². The third-order valence-corrected chi connectivity index (χ3v) is 12.5. The topological polar surface area (TPSA) is 71.5 Å². The van der Waals surface area contributed by atoms with Crippen molar-refractivity contribution in [2.75, 3.05) is 6.54 Å². The molecule has 16 heteroatoms. The number of carbonyl (C=O) groups excluding carboxylic acids is 2. The molecule has 2 atom stereocenters. The molecule has 1 aliphatic carbocycles. The minimum atomic E-state index is -6.36. The number of halogens is 10. The molecule has 0 aromatic heterocycles. The zero-order valence-corrected chi connectivity index (χ0v) is 27.9. The average Bonchev–Trinajstić information content (AvgIpc) is 3.37. The maximum atomic E-state index is 15.0. The van der Waals surface area contributed by atoms with Gasteiger partial charge in [-0.25, -0.2) is 12.8 Å². The number of aryl methyl sites for hydroxylation is 1. The molecule has 0 spiro atoms. The molecule has 3 aromatic rings. The van der Waals surface area contributed by atoms with Crippen molar-refractivity contribution in [3.05, 3.63) is 96.0 Å². The summed E-state index contributed by atoms with van der Waals surface area (Å²) < 4.78 is 124.